The Kier molecular flexibility index (Phi) is 6.03. The zero-order chi connectivity index (χ0) is 21.6. The van der Waals surface area contributed by atoms with Crippen molar-refractivity contribution in [3.8, 4) is 0 Å². The van der Waals surface area contributed by atoms with Crippen molar-refractivity contribution in [1.29, 1.82) is 0 Å². The van der Waals surface area contributed by atoms with Gasteiger partial charge in [-0.15, -0.1) is 5.10 Å². The van der Waals surface area contributed by atoms with E-state index in [1.54, 1.807) is 23.0 Å². The first-order chi connectivity index (χ1) is 15.1. The van der Waals surface area contributed by atoms with Crippen LogP contribution in [-0.2, 0) is 13.0 Å². The first kappa shape index (κ1) is 20.3. The Bertz CT molecular complexity index is 1200. The number of nitrogens with zero attached hydrogens (tertiary/aromatic N) is 5. The highest BCUT2D eigenvalue weighted by molar-refractivity contribution is 6.13. The summed E-state index contributed by atoms with van der Waals surface area (Å²) in [7, 11) is 0. The standard InChI is InChI=1S/C24H21N5O2/c1-17-7-8-25-22(9-17)24(31)14-23(30)21-12-19(10-18-5-3-2-4-6-18)11-20(13-21)15-29-16-26-27-28-29/h2-9,11-13,16H,10,14-15H2,1H3. The zero-order valence-corrected chi connectivity index (χ0v) is 17.1. The highest BCUT2D eigenvalue weighted by atomic mass is 16.1. The number of tetrazole rings is 1. The molecule has 0 bridgehead atoms. The predicted molar refractivity (Wildman–Crippen MR) is 115 cm³/mol. The number of benzene rings is 2. The van der Waals surface area contributed by atoms with Crippen LogP contribution in [0.1, 0.15) is 49.5 Å². The van der Waals surface area contributed by atoms with Gasteiger partial charge in [-0.25, -0.2) is 4.68 Å². The summed E-state index contributed by atoms with van der Waals surface area (Å²) in [6.45, 7) is 2.32. The molecule has 31 heavy (non-hydrogen) atoms. The van der Waals surface area contributed by atoms with Crippen molar-refractivity contribution in [1.82, 2.24) is 25.2 Å². The van der Waals surface area contributed by atoms with E-state index in [-0.39, 0.29) is 18.0 Å². The minimum atomic E-state index is -0.288. The number of aromatic nitrogens is 5. The molecule has 0 aliphatic heterocycles. The van der Waals surface area contributed by atoms with Gasteiger partial charge < -0.3 is 0 Å². The topological polar surface area (TPSA) is 90.6 Å². The van der Waals surface area contributed by atoms with E-state index in [9.17, 15) is 9.59 Å². The number of rotatable bonds is 8. The van der Waals surface area contributed by atoms with Crippen LogP contribution in [-0.4, -0.2) is 36.8 Å². The number of hydrogen-bond donors (Lipinski definition) is 0. The summed E-state index contributed by atoms with van der Waals surface area (Å²) in [6, 6.07) is 19.2. The van der Waals surface area contributed by atoms with Crippen LogP contribution in [0.4, 0.5) is 0 Å². The van der Waals surface area contributed by atoms with E-state index in [1.807, 2.05) is 55.5 Å². The smallest absolute Gasteiger partial charge is 0.188 e. The van der Waals surface area contributed by atoms with Gasteiger partial charge in [0.15, 0.2) is 11.6 Å². The second-order valence-corrected chi connectivity index (χ2v) is 7.45. The molecule has 0 saturated carbocycles. The number of aryl methyl sites for hydroxylation is 1. The minimum absolute atomic E-state index is 0.227. The van der Waals surface area contributed by atoms with Crippen LogP contribution in [0, 0.1) is 6.92 Å². The van der Waals surface area contributed by atoms with Gasteiger partial charge in [0.2, 0.25) is 0 Å². The number of hydrogen-bond acceptors (Lipinski definition) is 6. The molecular formula is C24H21N5O2. The van der Waals surface area contributed by atoms with Crippen LogP contribution >= 0.6 is 0 Å². The number of pyridine rings is 1. The molecule has 0 fully saturated rings. The Labute approximate surface area is 179 Å². The molecule has 7 nitrogen and oxygen atoms in total. The summed E-state index contributed by atoms with van der Waals surface area (Å²) < 4.78 is 1.59. The van der Waals surface area contributed by atoms with Crippen molar-refractivity contribution in [2.75, 3.05) is 0 Å². The third-order valence-corrected chi connectivity index (χ3v) is 4.88. The molecule has 0 saturated heterocycles. The maximum Gasteiger partial charge on any atom is 0.188 e. The van der Waals surface area contributed by atoms with E-state index < -0.39 is 0 Å². The van der Waals surface area contributed by atoms with Gasteiger partial charge in [-0.2, -0.15) is 0 Å². The monoisotopic (exact) mass is 411 g/mol. The van der Waals surface area contributed by atoms with Gasteiger partial charge in [0, 0.05) is 11.8 Å². The molecule has 0 atom stereocenters. The molecule has 0 unspecified atom stereocenters. The first-order valence-corrected chi connectivity index (χ1v) is 9.93. The number of ketones is 2. The Balaban J connectivity index is 1.60. The molecule has 0 radical (unpaired) electrons. The van der Waals surface area contributed by atoms with Gasteiger partial charge in [-0.3, -0.25) is 14.6 Å². The Morgan fingerprint density at radius 3 is 2.45 bits per heavy atom. The van der Waals surface area contributed by atoms with E-state index in [2.05, 4.69) is 20.5 Å². The highest BCUT2D eigenvalue weighted by Gasteiger charge is 2.17. The van der Waals surface area contributed by atoms with Crippen LogP contribution < -0.4 is 0 Å². The second-order valence-electron chi connectivity index (χ2n) is 7.45. The SMILES string of the molecule is Cc1ccnc(C(=O)CC(=O)c2cc(Cc3ccccc3)cc(Cn3cnnn3)c2)c1. The molecule has 0 N–H and O–H groups in total. The van der Waals surface area contributed by atoms with Crippen LogP contribution in [0.3, 0.4) is 0 Å². The lowest BCUT2D eigenvalue weighted by molar-refractivity contribution is 0.0891. The predicted octanol–water partition coefficient (Wildman–Crippen LogP) is 3.47. The van der Waals surface area contributed by atoms with Crippen LogP contribution in [0.15, 0.2) is 73.2 Å². The van der Waals surface area contributed by atoms with Crippen LogP contribution in [0.25, 0.3) is 0 Å². The Morgan fingerprint density at radius 2 is 1.71 bits per heavy atom. The fraction of sp³-hybridized carbons (Fsp3) is 0.167. The van der Waals surface area contributed by atoms with Gasteiger partial charge in [-0.05, 0) is 70.3 Å². The van der Waals surface area contributed by atoms with Crippen molar-refractivity contribution in [3.63, 3.8) is 0 Å². The average Bonchev–Trinajstić information content (AvgIpc) is 3.27. The lowest BCUT2D eigenvalue weighted by Crippen LogP contribution is -2.12. The highest BCUT2D eigenvalue weighted by Crippen LogP contribution is 2.18. The molecule has 4 rings (SSSR count). The molecule has 2 aromatic heterocycles. The van der Waals surface area contributed by atoms with Gasteiger partial charge in [0.25, 0.3) is 0 Å². The summed E-state index contributed by atoms with van der Waals surface area (Å²) in [6.07, 6.45) is 3.56. The molecule has 0 aliphatic rings. The third kappa shape index (κ3) is 5.33. The average molecular weight is 411 g/mol. The lowest BCUT2D eigenvalue weighted by Gasteiger charge is -2.10. The summed E-state index contributed by atoms with van der Waals surface area (Å²) in [5.74, 6) is -0.523. The van der Waals surface area contributed by atoms with Gasteiger partial charge in [0.1, 0.15) is 12.0 Å². The maximum absolute atomic E-state index is 13.0. The Morgan fingerprint density at radius 1 is 0.903 bits per heavy atom. The molecule has 154 valence electrons. The second kappa shape index (κ2) is 9.21. The van der Waals surface area contributed by atoms with Crippen molar-refractivity contribution in [3.05, 3.63) is 107 Å². The first-order valence-electron chi connectivity index (χ1n) is 9.93. The van der Waals surface area contributed by atoms with Crippen molar-refractivity contribution < 1.29 is 9.59 Å². The minimum Gasteiger partial charge on any atom is -0.294 e. The molecule has 2 heterocycles. The van der Waals surface area contributed by atoms with E-state index in [0.717, 1.165) is 22.3 Å². The van der Waals surface area contributed by atoms with Crippen molar-refractivity contribution in [2.24, 2.45) is 0 Å². The third-order valence-electron chi connectivity index (χ3n) is 4.88. The molecule has 0 amide bonds. The fourth-order valence-electron chi connectivity index (χ4n) is 3.42. The van der Waals surface area contributed by atoms with Crippen LogP contribution in [0.2, 0.25) is 0 Å². The maximum atomic E-state index is 13.0. The molecule has 7 heteroatoms. The van der Waals surface area contributed by atoms with Crippen LogP contribution in [0.5, 0.6) is 0 Å². The number of Topliss-reactive ketones (excluding diaryl/α,β-unsaturated/α-hetero) is 2. The largest absolute Gasteiger partial charge is 0.294 e. The summed E-state index contributed by atoms with van der Waals surface area (Å²) in [4.78, 5) is 29.7. The van der Waals surface area contributed by atoms with Crippen molar-refractivity contribution in [2.45, 2.75) is 26.3 Å². The Hall–Kier alpha value is -4.00. The van der Waals surface area contributed by atoms with E-state index in [4.69, 9.17) is 0 Å². The molecule has 0 spiro atoms. The van der Waals surface area contributed by atoms with E-state index in [0.29, 0.717) is 24.2 Å². The molecule has 0 aliphatic carbocycles. The van der Waals surface area contributed by atoms with Gasteiger partial charge in [0.05, 0.1) is 13.0 Å². The van der Waals surface area contributed by atoms with E-state index >= 15 is 0 Å². The van der Waals surface area contributed by atoms with E-state index in [1.165, 1.54) is 6.33 Å². The summed E-state index contributed by atoms with van der Waals surface area (Å²) in [5.41, 5.74) is 4.76. The fourth-order valence-corrected chi connectivity index (χ4v) is 3.42. The summed E-state index contributed by atoms with van der Waals surface area (Å²) >= 11 is 0. The molecule has 4 aromatic rings. The van der Waals surface area contributed by atoms with Crippen molar-refractivity contribution >= 4 is 11.6 Å². The van der Waals surface area contributed by atoms with Gasteiger partial charge >= 0.3 is 0 Å². The number of carbonyl (C=O) groups excluding carboxylic acids is 2. The normalized spacial score (nSPS) is 10.7. The molecule has 2 aromatic carbocycles. The quantitative estimate of drug-likeness (QED) is 0.326. The summed E-state index contributed by atoms with van der Waals surface area (Å²) in [5, 5.41) is 11.2. The number of carbonyl (C=O) groups is 2. The van der Waals surface area contributed by atoms with Gasteiger partial charge in [-0.1, -0.05) is 36.4 Å². The lowest BCUT2D eigenvalue weighted by atomic mass is 9.96. The molecular weight excluding hydrogens is 390 g/mol. The zero-order valence-electron chi connectivity index (χ0n) is 17.1.